The number of carbonyl (C=O) groups is 2. The molecule has 6 heteroatoms. The average Bonchev–Trinajstić information content (AvgIpc) is 2.56. The minimum atomic E-state index is -0.172. The van der Waals surface area contributed by atoms with Gasteiger partial charge < -0.3 is 0 Å². The summed E-state index contributed by atoms with van der Waals surface area (Å²) in [6, 6.07) is 6.78. The van der Waals surface area contributed by atoms with Gasteiger partial charge in [-0.05, 0) is 54.9 Å². The van der Waals surface area contributed by atoms with Crippen LogP contribution in [0.15, 0.2) is 24.3 Å². The maximum Gasteiger partial charge on any atom is 0.261 e. The van der Waals surface area contributed by atoms with Crippen LogP contribution >= 0.6 is 23.9 Å². The van der Waals surface area contributed by atoms with Crippen LogP contribution < -0.4 is 9.44 Å². The normalized spacial score (nSPS) is 13.3. The van der Waals surface area contributed by atoms with E-state index in [2.05, 4.69) is 37.1 Å². The van der Waals surface area contributed by atoms with E-state index in [4.69, 9.17) is 0 Å². The molecule has 1 rings (SSSR count). The molecule has 0 aliphatic carbocycles. The lowest BCUT2D eigenvalue weighted by Gasteiger charge is -2.11. The molecule has 4 nitrogen and oxygen atoms in total. The van der Waals surface area contributed by atoms with E-state index in [9.17, 15) is 9.59 Å². The van der Waals surface area contributed by atoms with Gasteiger partial charge in [-0.1, -0.05) is 33.8 Å². The molecule has 0 radical (unpaired) electrons. The largest absolute Gasteiger partial charge is 0.296 e. The van der Waals surface area contributed by atoms with E-state index in [1.807, 2.05) is 0 Å². The third-order valence-electron chi connectivity index (χ3n) is 3.24. The number of nitrogens with one attached hydrogen (secondary N) is 2. The van der Waals surface area contributed by atoms with Crippen LogP contribution in [0.25, 0.3) is 0 Å². The minimum absolute atomic E-state index is 0.172. The lowest BCUT2D eigenvalue weighted by atomic mass is 10.1. The fraction of sp³-hybridized carbons (Fsp3) is 0.500. The molecule has 0 aliphatic heterocycles. The van der Waals surface area contributed by atoms with Crippen molar-refractivity contribution in [3.8, 4) is 0 Å². The first-order valence-electron chi connectivity index (χ1n) is 7.49. The molecule has 0 aliphatic rings. The Bertz CT molecular complexity index is 467. The van der Waals surface area contributed by atoms with Crippen molar-refractivity contribution in [1.82, 2.24) is 9.44 Å². The summed E-state index contributed by atoms with van der Waals surface area (Å²) in [6.07, 6.45) is 1.97. The molecule has 122 valence electrons. The van der Waals surface area contributed by atoms with Gasteiger partial charge in [0, 0.05) is 21.6 Å². The number of amides is 2. The van der Waals surface area contributed by atoms with E-state index in [1.54, 1.807) is 24.3 Å². The second-order valence-electron chi connectivity index (χ2n) is 5.12. The number of benzene rings is 1. The van der Waals surface area contributed by atoms with Gasteiger partial charge in [0.15, 0.2) is 0 Å². The van der Waals surface area contributed by atoms with E-state index >= 15 is 0 Å². The number of hydrogen-bond acceptors (Lipinski definition) is 4. The van der Waals surface area contributed by atoms with Gasteiger partial charge in [-0.25, -0.2) is 0 Å². The summed E-state index contributed by atoms with van der Waals surface area (Å²) in [4.78, 5) is 24.2. The number of hydrogen-bond donors (Lipinski definition) is 2. The first-order valence-corrected chi connectivity index (χ1v) is 9.25. The molecule has 2 N–H and O–H groups in total. The van der Waals surface area contributed by atoms with Crippen LogP contribution in [0.2, 0.25) is 0 Å². The Kier molecular flexibility index (Phi) is 8.42. The van der Waals surface area contributed by atoms with Crippen molar-refractivity contribution >= 4 is 35.7 Å². The molecule has 1 aromatic carbocycles. The zero-order chi connectivity index (χ0) is 16.5. The SMILES string of the molecule is CCC(C)SNC(=O)c1cccc(C(=O)NSC(C)CC)c1. The van der Waals surface area contributed by atoms with E-state index in [1.165, 1.54) is 23.9 Å². The van der Waals surface area contributed by atoms with Crippen molar-refractivity contribution in [1.29, 1.82) is 0 Å². The van der Waals surface area contributed by atoms with Crippen LogP contribution in [-0.2, 0) is 0 Å². The Morgan fingerprint density at radius 1 is 0.955 bits per heavy atom. The summed E-state index contributed by atoms with van der Waals surface area (Å²) in [6.45, 7) is 8.26. The summed E-state index contributed by atoms with van der Waals surface area (Å²) >= 11 is 2.81. The van der Waals surface area contributed by atoms with Crippen LogP contribution in [0.1, 0.15) is 61.3 Å². The highest BCUT2D eigenvalue weighted by molar-refractivity contribution is 7.98. The fourth-order valence-corrected chi connectivity index (χ4v) is 2.58. The van der Waals surface area contributed by atoms with E-state index < -0.39 is 0 Å². The fourth-order valence-electron chi connectivity index (χ4n) is 1.39. The van der Waals surface area contributed by atoms with Crippen molar-refractivity contribution in [3.63, 3.8) is 0 Å². The third-order valence-corrected chi connectivity index (χ3v) is 5.32. The molecule has 0 saturated carbocycles. The van der Waals surface area contributed by atoms with Gasteiger partial charge >= 0.3 is 0 Å². The summed E-state index contributed by atoms with van der Waals surface area (Å²) in [5.41, 5.74) is 0.994. The van der Waals surface area contributed by atoms with Gasteiger partial charge in [-0.15, -0.1) is 0 Å². The van der Waals surface area contributed by atoms with Crippen LogP contribution in [0.3, 0.4) is 0 Å². The van der Waals surface area contributed by atoms with Crippen LogP contribution in [-0.4, -0.2) is 22.3 Å². The predicted molar refractivity (Wildman–Crippen MR) is 96.1 cm³/mol. The molecule has 2 atom stereocenters. The molecule has 0 saturated heterocycles. The summed E-state index contributed by atoms with van der Waals surface area (Å²) in [5, 5.41) is 0.727. The van der Waals surface area contributed by atoms with Crippen molar-refractivity contribution in [3.05, 3.63) is 35.4 Å². The third kappa shape index (κ3) is 6.32. The highest BCUT2D eigenvalue weighted by Crippen LogP contribution is 2.14. The monoisotopic (exact) mass is 340 g/mol. The minimum Gasteiger partial charge on any atom is -0.296 e. The smallest absolute Gasteiger partial charge is 0.261 e. The summed E-state index contributed by atoms with van der Waals surface area (Å²) in [5.74, 6) is -0.343. The van der Waals surface area contributed by atoms with Gasteiger partial charge in [-0.2, -0.15) is 0 Å². The maximum atomic E-state index is 12.1. The highest BCUT2D eigenvalue weighted by atomic mass is 32.2. The van der Waals surface area contributed by atoms with Gasteiger partial charge in [0.25, 0.3) is 11.8 Å². The van der Waals surface area contributed by atoms with Gasteiger partial charge in [-0.3, -0.25) is 19.0 Å². The van der Waals surface area contributed by atoms with Gasteiger partial charge in [0.2, 0.25) is 0 Å². The van der Waals surface area contributed by atoms with Gasteiger partial charge in [0.1, 0.15) is 0 Å². The molecule has 0 fully saturated rings. The first kappa shape index (κ1) is 18.9. The Balaban J connectivity index is 2.64. The lowest BCUT2D eigenvalue weighted by Crippen LogP contribution is -2.21. The zero-order valence-electron chi connectivity index (χ0n) is 13.5. The molecule has 22 heavy (non-hydrogen) atoms. The highest BCUT2D eigenvalue weighted by Gasteiger charge is 2.12. The first-order chi connectivity index (χ1) is 10.5. The molecule has 0 spiro atoms. The van der Waals surface area contributed by atoms with Crippen molar-refractivity contribution in [2.45, 2.75) is 51.0 Å². The Morgan fingerprint density at radius 3 is 1.73 bits per heavy atom. The Labute approximate surface area is 141 Å². The topological polar surface area (TPSA) is 58.2 Å². The van der Waals surface area contributed by atoms with Crippen LogP contribution in [0.4, 0.5) is 0 Å². The molecule has 0 aromatic heterocycles. The van der Waals surface area contributed by atoms with E-state index in [-0.39, 0.29) is 11.8 Å². The summed E-state index contributed by atoms with van der Waals surface area (Å²) < 4.78 is 5.63. The average molecular weight is 341 g/mol. The quantitative estimate of drug-likeness (QED) is 0.701. The second-order valence-corrected chi connectivity index (χ2v) is 7.61. The van der Waals surface area contributed by atoms with Crippen molar-refractivity contribution in [2.75, 3.05) is 0 Å². The molecular formula is C16H24N2O2S2. The van der Waals surface area contributed by atoms with Crippen molar-refractivity contribution in [2.24, 2.45) is 0 Å². The van der Waals surface area contributed by atoms with Crippen molar-refractivity contribution < 1.29 is 9.59 Å². The predicted octanol–water partition coefficient (Wildman–Crippen LogP) is 4.04. The van der Waals surface area contributed by atoms with Crippen LogP contribution in [0.5, 0.6) is 0 Å². The van der Waals surface area contributed by atoms with E-state index in [0.29, 0.717) is 21.6 Å². The standard InChI is InChI=1S/C16H24N2O2S2/c1-5-11(3)21-17-15(19)13-8-7-9-14(10-13)16(20)18-22-12(4)6-2/h7-12H,5-6H2,1-4H3,(H,17,19)(H,18,20). The lowest BCUT2D eigenvalue weighted by molar-refractivity contribution is 0.0983. The molecule has 0 bridgehead atoms. The summed E-state index contributed by atoms with van der Waals surface area (Å²) in [7, 11) is 0. The van der Waals surface area contributed by atoms with Crippen LogP contribution in [0, 0.1) is 0 Å². The molecule has 2 amide bonds. The Morgan fingerprint density at radius 2 is 1.36 bits per heavy atom. The number of carbonyl (C=O) groups excluding carboxylic acids is 2. The molecule has 2 unspecified atom stereocenters. The Hall–Kier alpha value is -1.14. The van der Waals surface area contributed by atoms with E-state index in [0.717, 1.165) is 12.8 Å². The maximum absolute atomic E-state index is 12.1. The molecule has 0 heterocycles. The zero-order valence-corrected chi connectivity index (χ0v) is 15.1. The van der Waals surface area contributed by atoms with Gasteiger partial charge in [0.05, 0.1) is 0 Å². The second kappa shape index (κ2) is 9.79. The number of rotatable bonds is 8. The molecule has 1 aromatic rings. The molecular weight excluding hydrogens is 316 g/mol.